The van der Waals surface area contributed by atoms with Gasteiger partial charge in [-0.2, -0.15) is 0 Å². The van der Waals surface area contributed by atoms with E-state index in [1.54, 1.807) is 6.07 Å². The van der Waals surface area contributed by atoms with E-state index in [1.165, 1.54) is 12.1 Å². The summed E-state index contributed by atoms with van der Waals surface area (Å²) in [6, 6.07) is 11.8. The summed E-state index contributed by atoms with van der Waals surface area (Å²) in [5, 5.41) is 14.1. The molecule has 2 aromatic rings. The van der Waals surface area contributed by atoms with E-state index < -0.39 is 4.92 Å². The smallest absolute Gasteiger partial charge is 0.270 e. The molecule has 1 amide bonds. The molecule has 1 saturated heterocycles. The molecule has 2 aromatic carbocycles. The van der Waals surface area contributed by atoms with Gasteiger partial charge in [0, 0.05) is 25.2 Å². The number of rotatable bonds is 7. The lowest BCUT2D eigenvalue weighted by Gasteiger charge is -2.30. The molecular formula is C21H25N3O5. The van der Waals surface area contributed by atoms with Crippen molar-refractivity contribution < 1.29 is 19.2 Å². The number of nitrogens with one attached hydrogen (secondary N) is 1. The normalized spacial score (nSPS) is 14.9. The van der Waals surface area contributed by atoms with Crippen LogP contribution in [-0.2, 0) is 4.74 Å². The van der Waals surface area contributed by atoms with Crippen molar-refractivity contribution >= 4 is 17.3 Å². The monoisotopic (exact) mass is 399 g/mol. The molecule has 1 fully saturated rings. The molecule has 0 saturated carbocycles. The number of aryl methyl sites for hydroxylation is 1. The van der Waals surface area contributed by atoms with E-state index in [0.717, 1.165) is 11.3 Å². The van der Waals surface area contributed by atoms with Gasteiger partial charge in [0.2, 0.25) is 0 Å². The van der Waals surface area contributed by atoms with E-state index in [2.05, 4.69) is 5.32 Å². The van der Waals surface area contributed by atoms with Crippen molar-refractivity contribution in [1.82, 2.24) is 5.32 Å². The number of hydrogen-bond donors (Lipinski definition) is 1. The zero-order valence-corrected chi connectivity index (χ0v) is 16.6. The van der Waals surface area contributed by atoms with Gasteiger partial charge in [-0.05, 0) is 37.6 Å². The summed E-state index contributed by atoms with van der Waals surface area (Å²) < 4.78 is 11.1. The number of nitro benzene ring substituents is 1. The lowest BCUT2D eigenvalue weighted by Crippen LogP contribution is -2.40. The molecule has 0 radical (unpaired) electrons. The summed E-state index contributed by atoms with van der Waals surface area (Å²) in [4.78, 5) is 25.6. The standard InChI is InChI=1S/C21H25N3O5/c1-15-4-3-5-18(12-15)29-14-16(2)22-21(25)19-13-17(24(26)27)6-7-20(19)23-8-10-28-11-9-23/h3-7,12-13,16H,8-11,14H2,1-2H3,(H,22,25). The van der Waals surface area contributed by atoms with E-state index in [4.69, 9.17) is 9.47 Å². The van der Waals surface area contributed by atoms with E-state index in [0.29, 0.717) is 32.0 Å². The predicted octanol–water partition coefficient (Wildman–Crippen LogP) is 2.94. The molecule has 8 heteroatoms. The first-order chi connectivity index (χ1) is 13.9. The zero-order valence-electron chi connectivity index (χ0n) is 16.6. The fourth-order valence-corrected chi connectivity index (χ4v) is 3.17. The summed E-state index contributed by atoms with van der Waals surface area (Å²) in [6.45, 7) is 6.47. The van der Waals surface area contributed by atoms with Gasteiger partial charge in [-0.15, -0.1) is 0 Å². The number of benzene rings is 2. The van der Waals surface area contributed by atoms with Gasteiger partial charge in [0.1, 0.15) is 12.4 Å². The maximum atomic E-state index is 12.9. The molecule has 0 aromatic heterocycles. The Morgan fingerprint density at radius 2 is 2.03 bits per heavy atom. The Bertz CT molecular complexity index is 880. The third-order valence-corrected chi connectivity index (χ3v) is 4.65. The number of carbonyl (C=O) groups excluding carboxylic acids is 1. The minimum absolute atomic E-state index is 0.115. The quantitative estimate of drug-likeness (QED) is 0.568. The van der Waals surface area contributed by atoms with Gasteiger partial charge in [-0.1, -0.05) is 12.1 Å². The minimum Gasteiger partial charge on any atom is -0.491 e. The van der Waals surface area contributed by atoms with Crippen molar-refractivity contribution in [1.29, 1.82) is 0 Å². The Hall–Kier alpha value is -3.13. The highest BCUT2D eigenvalue weighted by Crippen LogP contribution is 2.26. The maximum Gasteiger partial charge on any atom is 0.270 e. The second-order valence-electron chi connectivity index (χ2n) is 7.06. The van der Waals surface area contributed by atoms with Crippen LogP contribution < -0.4 is 15.0 Å². The molecule has 8 nitrogen and oxygen atoms in total. The van der Waals surface area contributed by atoms with Crippen molar-refractivity contribution in [3.05, 3.63) is 63.7 Å². The zero-order chi connectivity index (χ0) is 20.8. The maximum absolute atomic E-state index is 12.9. The summed E-state index contributed by atoms with van der Waals surface area (Å²) in [6.07, 6.45) is 0. The van der Waals surface area contributed by atoms with Crippen molar-refractivity contribution in [2.45, 2.75) is 19.9 Å². The first kappa shape index (κ1) is 20.6. The van der Waals surface area contributed by atoms with Gasteiger partial charge in [-0.25, -0.2) is 0 Å². The average Bonchev–Trinajstić information content (AvgIpc) is 2.72. The van der Waals surface area contributed by atoms with Gasteiger partial charge >= 0.3 is 0 Å². The number of morpholine rings is 1. The van der Waals surface area contributed by atoms with Gasteiger partial charge in [-0.3, -0.25) is 14.9 Å². The van der Waals surface area contributed by atoms with Crippen LogP contribution >= 0.6 is 0 Å². The number of ether oxygens (including phenoxy) is 2. The van der Waals surface area contributed by atoms with Crippen LogP contribution in [0.4, 0.5) is 11.4 Å². The van der Waals surface area contributed by atoms with Gasteiger partial charge < -0.3 is 19.7 Å². The topological polar surface area (TPSA) is 93.9 Å². The molecule has 29 heavy (non-hydrogen) atoms. The first-order valence-electron chi connectivity index (χ1n) is 9.55. The van der Waals surface area contributed by atoms with Gasteiger partial charge in [0.15, 0.2) is 0 Å². The Balaban J connectivity index is 1.72. The molecule has 0 spiro atoms. The molecule has 1 N–H and O–H groups in total. The van der Waals surface area contributed by atoms with E-state index in [9.17, 15) is 14.9 Å². The fraction of sp³-hybridized carbons (Fsp3) is 0.381. The van der Waals surface area contributed by atoms with E-state index >= 15 is 0 Å². The number of nitrogens with zero attached hydrogens (tertiary/aromatic N) is 2. The number of carbonyl (C=O) groups is 1. The highest BCUT2D eigenvalue weighted by atomic mass is 16.6. The van der Waals surface area contributed by atoms with Crippen LogP contribution in [0.3, 0.4) is 0 Å². The lowest BCUT2D eigenvalue weighted by atomic mass is 10.1. The molecule has 1 aliphatic heterocycles. The molecule has 0 bridgehead atoms. The molecule has 1 aliphatic rings. The van der Waals surface area contributed by atoms with Crippen LogP contribution in [0.1, 0.15) is 22.8 Å². The van der Waals surface area contributed by atoms with Crippen molar-refractivity contribution in [2.24, 2.45) is 0 Å². The van der Waals surface area contributed by atoms with Gasteiger partial charge in [0.25, 0.3) is 11.6 Å². The van der Waals surface area contributed by atoms with Gasteiger partial charge in [0.05, 0.1) is 35.4 Å². The van der Waals surface area contributed by atoms with Crippen LogP contribution in [0.15, 0.2) is 42.5 Å². The molecule has 154 valence electrons. The molecular weight excluding hydrogens is 374 g/mol. The fourth-order valence-electron chi connectivity index (χ4n) is 3.17. The predicted molar refractivity (Wildman–Crippen MR) is 110 cm³/mol. The summed E-state index contributed by atoms with van der Waals surface area (Å²) in [5.41, 5.74) is 1.92. The number of hydrogen-bond acceptors (Lipinski definition) is 6. The number of anilines is 1. The van der Waals surface area contributed by atoms with Crippen LogP contribution in [0, 0.1) is 17.0 Å². The lowest BCUT2D eigenvalue weighted by molar-refractivity contribution is -0.384. The molecule has 1 heterocycles. The molecule has 1 unspecified atom stereocenters. The highest BCUT2D eigenvalue weighted by Gasteiger charge is 2.23. The van der Waals surface area contributed by atoms with Crippen molar-refractivity contribution in [3.8, 4) is 5.75 Å². The Morgan fingerprint density at radius 3 is 2.72 bits per heavy atom. The second-order valence-corrected chi connectivity index (χ2v) is 7.06. The highest BCUT2D eigenvalue weighted by molar-refractivity contribution is 6.00. The van der Waals surface area contributed by atoms with E-state index in [-0.39, 0.29) is 29.8 Å². The van der Waals surface area contributed by atoms with Crippen molar-refractivity contribution in [2.75, 3.05) is 37.8 Å². The Kier molecular flexibility index (Phi) is 6.66. The van der Waals surface area contributed by atoms with Crippen LogP contribution in [0.5, 0.6) is 5.75 Å². The summed E-state index contributed by atoms with van der Waals surface area (Å²) in [7, 11) is 0. The Morgan fingerprint density at radius 1 is 1.28 bits per heavy atom. The second kappa shape index (κ2) is 9.38. The SMILES string of the molecule is Cc1cccc(OCC(C)NC(=O)c2cc([N+](=O)[O-])ccc2N2CCOCC2)c1. The molecule has 1 atom stereocenters. The minimum atomic E-state index is -0.496. The molecule has 3 rings (SSSR count). The number of non-ortho nitro benzene ring substituents is 1. The number of amides is 1. The number of nitro groups is 1. The largest absolute Gasteiger partial charge is 0.491 e. The van der Waals surface area contributed by atoms with Crippen LogP contribution in [0.2, 0.25) is 0 Å². The molecule has 0 aliphatic carbocycles. The Labute approximate surface area is 169 Å². The third-order valence-electron chi connectivity index (χ3n) is 4.65. The van der Waals surface area contributed by atoms with Crippen LogP contribution in [-0.4, -0.2) is 49.8 Å². The average molecular weight is 399 g/mol. The third kappa shape index (κ3) is 5.45. The van der Waals surface area contributed by atoms with Crippen LogP contribution in [0.25, 0.3) is 0 Å². The summed E-state index contributed by atoms with van der Waals surface area (Å²) in [5.74, 6) is 0.367. The first-order valence-corrected chi connectivity index (χ1v) is 9.55. The summed E-state index contributed by atoms with van der Waals surface area (Å²) >= 11 is 0. The van der Waals surface area contributed by atoms with Crippen molar-refractivity contribution in [3.63, 3.8) is 0 Å². The van der Waals surface area contributed by atoms with E-state index in [1.807, 2.05) is 43.0 Å².